The van der Waals surface area contributed by atoms with Crippen LogP contribution in [0, 0.1) is 0 Å². The van der Waals surface area contributed by atoms with Crippen molar-refractivity contribution in [3.63, 3.8) is 0 Å². The fourth-order valence-electron chi connectivity index (χ4n) is 4.34. The third-order valence-electron chi connectivity index (χ3n) is 6.14. The first-order valence-corrected chi connectivity index (χ1v) is 15.4. The van der Waals surface area contributed by atoms with Gasteiger partial charge in [0.25, 0.3) is 0 Å². The third-order valence-corrected chi connectivity index (χ3v) is 7.67. The fraction of sp³-hybridized carbons (Fsp3) is 0.250. The number of rotatable bonds is 12. The van der Waals surface area contributed by atoms with Crippen molar-refractivity contribution in [2.24, 2.45) is 0 Å². The number of ether oxygens (including phenoxy) is 1. The van der Waals surface area contributed by atoms with E-state index in [1.54, 1.807) is 0 Å². The predicted molar refractivity (Wildman–Crippen MR) is 166 cm³/mol. The van der Waals surface area contributed by atoms with Crippen LogP contribution in [0.15, 0.2) is 97.1 Å². The monoisotopic (exact) mass is 686 g/mol. The zero-order chi connectivity index (χ0) is 24.3. The highest BCUT2D eigenvalue weighted by Crippen LogP contribution is 2.33. The van der Waals surface area contributed by atoms with Crippen LogP contribution in [0.1, 0.15) is 46.2 Å². The molecule has 0 aliphatic rings. The van der Waals surface area contributed by atoms with Crippen molar-refractivity contribution in [3.05, 3.63) is 130 Å². The Balaban J connectivity index is 1.66. The SMILES string of the molecule is ICCCc1ccc(Oc2ccc(CCCI)cc2Cc2ccccc2)c(Cc2ccccc2)c1. The highest BCUT2D eigenvalue weighted by Gasteiger charge is 2.12. The molecule has 0 saturated carbocycles. The molecule has 0 aromatic heterocycles. The zero-order valence-corrected chi connectivity index (χ0v) is 24.4. The first-order valence-electron chi connectivity index (χ1n) is 12.4. The third kappa shape index (κ3) is 8.07. The second kappa shape index (κ2) is 14.0. The lowest BCUT2D eigenvalue weighted by Crippen LogP contribution is -2.00. The lowest BCUT2D eigenvalue weighted by Gasteiger charge is -2.17. The molecule has 0 bridgehead atoms. The predicted octanol–water partition coefficient (Wildman–Crippen LogP) is 9.40. The Morgan fingerprint density at radius 2 is 0.914 bits per heavy atom. The lowest BCUT2D eigenvalue weighted by atomic mass is 9.99. The van der Waals surface area contributed by atoms with E-state index in [1.165, 1.54) is 55.1 Å². The molecule has 0 radical (unpaired) electrons. The van der Waals surface area contributed by atoms with E-state index in [1.807, 2.05) is 0 Å². The van der Waals surface area contributed by atoms with Crippen LogP contribution in [0.25, 0.3) is 0 Å². The van der Waals surface area contributed by atoms with Gasteiger partial charge in [-0.3, -0.25) is 0 Å². The van der Waals surface area contributed by atoms with E-state index in [0.717, 1.165) is 37.2 Å². The molecule has 35 heavy (non-hydrogen) atoms. The van der Waals surface area contributed by atoms with Crippen molar-refractivity contribution < 1.29 is 4.74 Å². The minimum atomic E-state index is 0.871. The van der Waals surface area contributed by atoms with Gasteiger partial charge in [-0.25, -0.2) is 0 Å². The molecule has 0 aliphatic heterocycles. The molecule has 0 N–H and O–H groups in total. The Bertz CT molecular complexity index is 1090. The molecule has 4 rings (SSSR count). The topological polar surface area (TPSA) is 9.23 Å². The molecule has 0 heterocycles. The normalized spacial score (nSPS) is 10.9. The summed E-state index contributed by atoms with van der Waals surface area (Å²) in [6, 6.07) is 34.9. The van der Waals surface area contributed by atoms with Gasteiger partial charge in [-0.1, -0.05) is 130 Å². The fourth-order valence-corrected chi connectivity index (χ4v) is 5.11. The van der Waals surface area contributed by atoms with Crippen molar-refractivity contribution in [1.29, 1.82) is 0 Å². The van der Waals surface area contributed by atoms with Crippen LogP contribution < -0.4 is 4.74 Å². The van der Waals surface area contributed by atoms with Gasteiger partial charge in [-0.05, 0) is 80.1 Å². The summed E-state index contributed by atoms with van der Waals surface area (Å²) < 4.78 is 9.06. The van der Waals surface area contributed by atoms with Crippen LogP contribution in [-0.4, -0.2) is 8.86 Å². The first kappa shape index (κ1) is 26.2. The Hall–Kier alpha value is -1.86. The van der Waals surface area contributed by atoms with Crippen LogP contribution in [0.4, 0.5) is 0 Å². The van der Waals surface area contributed by atoms with Gasteiger partial charge in [0.1, 0.15) is 11.5 Å². The molecule has 0 amide bonds. The summed E-state index contributed by atoms with van der Waals surface area (Å²) in [7, 11) is 0. The molecule has 0 atom stereocenters. The molecule has 4 aromatic carbocycles. The first-order chi connectivity index (χ1) is 17.2. The highest BCUT2D eigenvalue weighted by molar-refractivity contribution is 14.1. The van der Waals surface area contributed by atoms with E-state index < -0.39 is 0 Å². The zero-order valence-electron chi connectivity index (χ0n) is 20.1. The largest absolute Gasteiger partial charge is 0.457 e. The van der Waals surface area contributed by atoms with E-state index in [-0.39, 0.29) is 0 Å². The van der Waals surface area contributed by atoms with Crippen LogP contribution >= 0.6 is 45.2 Å². The van der Waals surface area contributed by atoms with Crippen molar-refractivity contribution in [3.8, 4) is 11.5 Å². The van der Waals surface area contributed by atoms with Crippen molar-refractivity contribution >= 4 is 45.2 Å². The van der Waals surface area contributed by atoms with Crippen molar-refractivity contribution in [2.45, 2.75) is 38.5 Å². The van der Waals surface area contributed by atoms with Gasteiger partial charge in [-0.2, -0.15) is 0 Å². The summed E-state index contributed by atoms with van der Waals surface area (Å²) in [6.45, 7) is 0. The minimum absolute atomic E-state index is 0.871. The molecule has 3 heteroatoms. The van der Waals surface area contributed by atoms with Crippen LogP contribution in [0.5, 0.6) is 11.5 Å². The van der Waals surface area contributed by atoms with E-state index >= 15 is 0 Å². The summed E-state index contributed by atoms with van der Waals surface area (Å²) in [5.41, 5.74) is 7.89. The number of hydrogen-bond acceptors (Lipinski definition) is 1. The summed E-state index contributed by atoms with van der Waals surface area (Å²) in [5, 5.41) is 0. The summed E-state index contributed by atoms with van der Waals surface area (Å²) in [6.07, 6.45) is 6.36. The number of alkyl halides is 2. The maximum absolute atomic E-state index is 6.70. The quantitative estimate of drug-likeness (QED) is 0.107. The van der Waals surface area contributed by atoms with Crippen LogP contribution in [0.3, 0.4) is 0 Å². The van der Waals surface area contributed by atoms with Crippen molar-refractivity contribution in [1.82, 2.24) is 0 Å². The Morgan fingerprint density at radius 1 is 0.486 bits per heavy atom. The van der Waals surface area contributed by atoms with Crippen molar-refractivity contribution in [2.75, 3.05) is 8.86 Å². The molecule has 1 nitrogen and oxygen atoms in total. The highest BCUT2D eigenvalue weighted by atomic mass is 127. The maximum atomic E-state index is 6.70. The van der Waals surface area contributed by atoms with E-state index in [4.69, 9.17) is 4.74 Å². The summed E-state index contributed by atoms with van der Waals surface area (Å²) >= 11 is 4.92. The molecule has 0 spiro atoms. The lowest BCUT2D eigenvalue weighted by molar-refractivity contribution is 0.471. The van der Waals surface area contributed by atoms with Gasteiger partial charge in [0.15, 0.2) is 0 Å². The summed E-state index contributed by atoms with van der Waals surface area (Å²) in [4.78, 5) is 0. The Morgan fingerprint density at radius 3 is 1.31 bits per heavy atom. The van der Waals surface area contributed by atoms with E-state index in [0.29, 0.717) is 0 Å². The Kier molecular flexibility index (Phi) is 10.5. The van der Waals surface area contributed by atoms with Gasteiger partial charge in [0.2, 0.25) is 0 Å². The number of aryl methyl sites for hydroxylation is 2. The second-order valence-corrected chi connectivity index (χ2v) is 11.1. The van der Waals surface area contributed by atoms with Crippen LogP contribution in [-0.2, 0) is 25.7 Å². The molecule has 0 saturated heterocycles. The average molecular weight is 686 g/mol. The molecule has 180 valence electrons. The smallest absolute Gasteiger partial charge is 0.130 e. The van der Waals surface area contributed by atoms with Gasteiger partial charge < -0.3 is 4.74 Å². The molecule has 0 aliphatic carbocycles. The number of benzene rings is 4. The molecular formula is C32H32I2O. The van der Waals surface area contributed by atoms with Gasteiger partial charge >= 0.3 is 0 Å². The molecule has 0 unspecified atom stereocenters. The second-order valence-electron chi connectivity index (χ2n) is 8.90. The minimum Gasteiger partial charge on any atom is -0.457 e. The molecule has 0 fully saturated rings. The van der Waals surface area contributed by atoms with Gasteiger partial charge in [-0.15, -0.1) is 0 Å². The van der Waals surface area contributed by atoms with Gasteiger partial charge in [0, 0.05) is 12.8 Å². The van der Waals surface area contributed by atoms with Gasteiger partial charge in [0.05, 0.1) is 0 Å². The maximum Gasteiger partial charge on any atom is 0.130 e. The molecular weight excluding hydrogens is 654 g/mol. The van der Waals surface area contributed by atoms with Crippen LogP contribution in [0.2, 0.25) is 0 Å². The number of hydrogen-bond donors (Lipinski definition) is 0. The Labute approximate surface area is 237 Å². The number of halogens is 2. The average Bonchev–Trinajstić information content (AvgIpc) is 2.90. The standard InChI is InChI=1S/C32H32I2O/c33-19-7-13-27-15-17-31(29(23-27)21-25-9-3-1-4-10-25)35-32-18-16-28(14-8-20-34)24-30(32)22-26-11-5-2-6-12-26/h1-6,9-12,15-18,23-24H,7-8,13-14,19-22H2. The van der Waals surface area contributed by atoms with E-state index in [2.05, 4.69) is 142 Å². The summed E-state index contributed by atoms with van der Waals surface area (Å²) in [5.74, 6) is 1.92. The molecule has 4 aromatic rings. The van der Waals surface area contributed by atoms with E-state index in [9.17, 15) is 0 Å².